The van der Waals surface area contributed by atoms with Gasteiger partial charge in [0.15, 0.2) is 0 Å². The van der Waals surface area contributed by atoms with Crippen molar-refractivity contribution in [1.29, 1.82) is 0 Å². The molecule has 4 heteroatoms. The van der Waals surface area contributed by atoms with Crippen LogP contribution in [0.1, 0.15) is 37.4 Å². The third kappa shape index (κ3) is 3.73. The summed E-state index contributed by atoms with van der Waals surface area (Å²) in [7, 11) is 0. The number of benzene rings is 1. The largest absolute Gasteiger partial charge is 0.491 e. The van der Waals surface area contributed by atoms with Gasteiger partial charge in [0.1, 0.15) is 5.75 Å². The van der Waals surface area contributed by atoms with Crippen molar-refractivity contribution in [3.63, 3.8) is 0 Å². The first kappa shape index (κ1) is 14.9. The van der Waals surface area contributed by atoms with Crippen LogP contribution in [-0.2, 0) is 0 Å². The predicted molar refractivity (Wildman–Crippen MR) is 85.7 cm³/mol. The molecule has 2 rings (SSSR count). The minimum atomic E-state index is 0.228. The van der Waals surface area contributed by atoms with Crippen molar-refractivity contribution in [1.82, 2.24) is 4.98 Å². The Morgan fingerprint density at radius 3 is 2.65 bits per heavy atom. The Balaban J connectivity index is 2.11. The summed E-state index contributed by atoms with van der Waals surface area (Å²) in [6, 6.07) is 8.33. The molecule has 2 aromatic rings. The first-order valence-corrected chi connectivity index (χ1v) is 7.84. The van der Waals surface area contributed by atoms with Crippen LogP contribution < -0.4 is 10.1 Å². The normalized spacial score (nSPS) is 12.4. The number of thiazole rings is 1. The van der Waals surface area contributed by atoms with Gasteiger partial charge in [-0.25, -0.2) is 4.98 Å². The van der Waals surface area contributed by atoms with Crippen LogP contribution in [0.5, 0.6) is 5.75 Å². The average Bonchev–Trinajstić information content (AvgIpc) is 2.84. The van der Waals surface area contributed by atoms with Gasteiger partial charge in [-0.1, -0.05) is 26.0 Å². The van der Waals surface area contributed by atoms with E-state index in [-0.39, 0.29) is 6.04 Å². The number of para-hydroxylation sites is 2. The van der Waals surface area contributed by atoms with Gasteiger partial charge in [0.25, 0.3) is 0 Å². The highest BCUT2D eigenvalue weighted by Gasteiger charge is 2.13. The smallest absolute Gasteiger partial charge is 0.142 e. The van der Waals surface area contributed by atoms with E-state index in [1.165, 1.54) is 4.88 Å². The van der Waals surface area contributed by atoms with E-state index in [0.29, 0.717) is 5.92 Å². The summed E-state index contributed by atoms with van der Waals surface area (Å²) in [6.07, 6.45) is 0. The van der Waals surface area contributed by atoms with Crippen molar-refractivity contribution in [2.24, 2.45) is 5.92 Å². The molecule has 0 amide bonds. The van der Waals surface area contributed by atoms with Crippen LogP contribution in [0.15, 0.2) is 29.8 Å². The van der Waals surface area contributed by atoms with E-state index in [1.54, 1.807) is 11.3 Å². The third-order valence-electron chi connectivity index (χ3n) is 3.01. The fraction of sp³-hybridized carbons (Fsp3) is 0.438. The summed E-state index contributed by atoms with van der Waals surface area (Å²) in [4.78, 5) is 5.58. The maximum atomic E-state index is 5.87. The Bertz CT molecular complexity index is 551. The van der Waals surface area contributed by atoms with Crippen LogP contribution in [0.25, 0.3) is 0 Å². The highest BCUT2D eigenvalue weighted by Crippen LogP contribution is 2.30. The Morgan fingerprint density at radius 1 is 1.25 bits per heavy atom. The van der Waals surface area contributed by atoms with Gasteiger partial charge in [0, 0.05) is 4.88 Å². The summed E-state index contributed by atoms with van der Waals surface area (Å²) in [6.45, 7) is 9.23. The van der Waals surface area contributed by atoms with Crippen molar-refractivity contribution in [3.8, 4) is 5.75 Å². The number of aromatic nitrogens is 1. The SMILES string of the molecule is Cc1ncsc1C(C)Nc1ccccc1OCC(C)C. The quantitative estimate of drug-likeness (QED) is 0.840. The van der Waals surface area contributed by atoms with Crippen LogP contribution in [0.2, 0.25) is 0 Å². The predicted octanol–water partition coefficient (Wildman–Crippen LogP) is 4.66. The van der Waals surface area contributed by atoms with Gasteiger partial charge >= 0.3 is 0 Å². The summed E-state index contributed by atoms with van der Waals surface area (Å²) in [5, 5.41) is 3.52. The lowest BCUT2D eigenvalue weighted by Crippen LogP contribution is -2.10. The van der Waals surface area contributed by atoms with E-state index >= 15 is 0 Å². The monoisotopic (exact) mass is 290 g/mol. The minimum absolute atomic E-state index is 0.228. The first-order valence-electron chi connectivity index (χ1n) is 6.96. The highest BCUT2D eigenvalue weighted by atomic mass is 32.1. The topological polar surface area (TPSA) is 34.2 Å². The summed E-state index contributed by atoms with van der Waals surface area (Å²) in [5.41, 5.74) is 4.02. The Hall–Kier alpha value is -1.55. The molecule has 0 bridgehead atoms. The first-order chi connectivity index (χ1) is 9.58. The molecule has 0 radical (unpaired) electrons. The average molecular weight is 290 g/mol. The van der Waals surface area contributed by atoms with Crippen molar-refractivity contribution in [2.45, 2.75) is 33.7 Å². The zero-order valence-corrected chi connectivity index (χ0v) is 13.3. The van der Waals surface area contributed by atoms with Crippen molar-refractivity contribution in [2.75, 3.05) is 11.9 Å². The molecule has 0 aliphatic rings. The van der Waals surface area contributed by atoms with E-state index in [4.69, 9.17) is 4.74 Å². The maximum Gasteiger partial charge on any atom is 0.142 e. The summed E-state index contributed by atoms with van der Waals surface area (Å²) < 4.78 is 5.87. The zero-order valence-electron chi connectivity index (χ0n) is 12.5. The third-order valence-corrected chi connectivity index (χ3v) is 4.12. The molecular weight excluding hydrogens is 268 g/mol. The number of aryl methyl sites for hydroxylation is 1. The molecule has 1 unspecified atom stereocenters. The molecule has 0 aliphatic carbocycles. The molecule has 0 aliphatic heterocycles. The lowest BCUT2D eigenvalue weighted by molar-refractivity contribution is 0.272. The Kier molecular flexibility index (Phi) is 5.01. The molecule has 0 fully saturated rings. The molecule has 1 aromatic heterocycles. The Labute approximate surface area is 125 Å². The fourth-order valence-electron chi connectivity index (χ4n) is 1.99. The number of hydrogen-bond donors (Lipinski definition) is 1. The standard InChI is InChI=1S/C16H22N2OS/c1-11(2)9-19-15-8-6-5-7-14(15)18-13(4)16-12(3)17-10-20-16/h5-8,10-11,13,18H,9H2,1-4H3. The number of anilines is 1. The van der Waals surface area contributed by atoms with Crippen LogP contribution in [-0.4, -0.2) is 11.6 Å². The molecule has 0 spiro atoms. The molecule has 20 heavy (non-hydrogen) atoms. The number of rotatable bonds is 6. The zero-order chi connectivity index (χ0) is 14.5. The highest BCUT2D eigenvalue weighted by molar-refractivity contribution is 7.09. The molecule has 0 saturated heterocycles. The van der Waals surface area contributed by atoms with Crippen LogP contribution in [0.3, 0.4) is 0 Å². The van der Waals surface area contributed by atoms with Crippen molar-refractivity contribution < 1.29 is 4.74 Å². The van der Waals surface area contributed by atoms with Crippen LogP contribution >= 0.6 is 11.3 Å². The summed E-state index contributed by atoms with van der Waals surface area (Å²) in [5.74, 6) is 1.43. The maximum absolute atomic E-state index is 5.87. The number of ether oxygens (including phenoxy) is 1. The Morgan fingerprint density at radius 2 is 2.00 bits per heavy atom. The second-order valence-electron chi connectivity index (χ2n) is 5.37. The number of hydrogen-bond acceptors (Lipinski definition) is 4. The number of nitrogens with one attached hydrogen (secondary N) is 1. The molecule has 0 saturated carbocycles. The van der Waals surface area contributed by atoms with Crippen LogP contribution in [0.4, 0.5) is 5.69 Å². The van der Waals surface area contributed by atoms with E-state index in [0.717, 1.165) is 23.7 Å². The van der Waals surface area contributed by atoms with Gasteiger partial charge in [-0.2, -0.15) is 0 Å². The molecular formula is C16H22N2OS. The van der Waals surface area contributed by atoms with Gasteiger partial charge in [-0.3, -0.25) is 0 Å². The fourth-order valence-corrected chi connectivity index (χ4v) is 2.80. The van der Waals surface area contributed by atoms with Crippen LogP contribution in [0, 0.1) is 12.8 Å². The van der Waals surface area contributed by atoms with Gasteiger partial charge in [-0.05, 0) is 31.9 Å². The van der Waals surface area contributed by atoms with Crippen molar-refractivity contribution >= 4 is 17.0 Å². The second kappa shape index (κ2) is 6.75. The van der Waals surface area contributed by atoms with E-state index in [1.807, 2.05) is 30.6 Å². The lowest BCUT2D eigenvalue weighted by Gasteiger charge is -2.18. The molecule has 1 atom stereocenters. The van der Waals surface area contributed by atoms with Gasteiger partial charge < -0.3 is 10.1 Å². The molecule has 1 heterocycles. The van der Waals surface area contributed by atoms with E-state index in [9.17, 15) is 0 Å². The second-order valence-corrected chi connectivity index (χ2v) is 6.26. The van der Waals surface area contributed by atoms with Gasteiger partial charge in [0.05, 0.1) is 29.5 Å². The minimum Gasteiger partial charge on any atom is -0.491 e. The number of nitrogens with zero attached hydrogens (tertiary/aromatic N) is 1. The van der Waals surface area contributed by atoms with Gasteiger partial charge in [-0.15, -0.1) is 11.3 Å². The lowest BCUT2D eigenvalue weighted by atomic mass is 10.2. The molecule has 1 N–H and O–H groups in total. The molecule has 108 valence electrons. The molecule has 1 aromatic carbocycles. The summed E-state index contributed by atoms with van der Waals surface area (Å²) >= 11 is 1.69. The molecule has 3 nitrogen and oxygen atoms in total. The van der Waals surface area contributed by atoms with E-state index < -0.39 is 0 Å². The van der Waals surface area contributed by atoms with Gasteiger partial charge in [0.2, 0.25) is 0 Å². The van der Waals surface area contributed by atoms with Crippen molar-refractivity contribution in [3.05, 3.63) is 40.3 Å². The van der Waals surface area contributed by atoms with E-state index in [2.05, 4.69) is 37.1 Å².